The van der Waals surface area contributed by atoms with Crippen LogP contribution in [0.4, 0.5) is 22.7 Å². The van der Waals surface area contributed by atoms with Gasteiger partial charge >= 0.3 is 206 Å². The van der Waals surface area contributed by atoms with Gasteiger partial charge in [-0.1, -0.05) is 384 Å². The van der Waals surface area contributed by atoms with E-state index in [4.69, 9.17) is 51.1 Å². The maximum atomic E-state index is 5.44. The Morgan fingerprint density at radius 2 is 0.409 bits per heavy atom. The zero-order chi connectivity index (χ0) is 79.3. The van der Waals surface area contributed by atoms with Crippen LogP contribution < -0.4 is 206 Å². The summed E-state index contributed by atoms with van der Waals surface area (Å²) in [6.45, 7) is 73.9. The average Bonchev–Trinajstić information content (AvgIpc) is 0.784. The van der Waals surface area contributed by atoms with E-state index >= 15 is 0 Å². The standard InChI is InChI=1S/2C44H58N4.2C4H10O.4K/c2*1-27(2)31-21-17-22-32(28(3)4)41(31)45-39(43(9,10)11)25-37-35-19-15-16-20-36(35)38(48-47-37)26-40(44(12,13)14)46-42-33(29(5)6)23-18-24-34(42)30(7)8;2*1-3-5-4-2;;;;/h2*15-30H,1-14H3;2*3-4H2,1-2H3;;;;/q2*-2;;;4*+1/b2*39-25-,40-26-;;;;;;. The molecule has 14 heteroatoms. The average molecular weight is 1590 g/mol. The van der Waals surface area contributed by atoms with Crippen molar-refractivity contribution in [2.24, 2.45) is 21.7 Å². The van der Waals surface area contributed by atoms with E-state index in [1.807, 2.05) is 27.7 Å². The minimum atomic E-state index is -0.212. The molecule has 0 radical (unpaired) electrons. The molecule has 110 heavy (non-hydrogen) atoms. The number of ether oxygens (including phenoxy) is 2. The molecule has 0 atom stereocenters. The summed E-state index contributed by atoms with van der Waals surface area (Å²) in [7, 11) is 0. The van der Waals surface area contributed by atoms with E-state index in [1.54, 1.807) is 0 Å². The number of allylic oxidation sites excluding steroid dienone is 4. The Balaban J connectivity index is 0.000000947. The predicted octanol–water partition coefficient (Wildman–Crippen LogP) is 18.7. The number of aromatic nitrogens is 4. The molecule has 576 valence electrons. The molecule has 10 nitrogen and oxygen atoms in total. The quantitative estimate of drug-likeness (QED) is 0.0555. The van der Waals surface area contributed by atoms with Crippen LogP contribution in [0, 0.1) is 21.7 Å². The zero-order valence-electron chi connectivity index (χ0n) is 75.7. The van der Waals surface area contributed by atoms with E-state index in [0.29, 0.717) is 47.3 Å². The largest absolute Gasteiger partial charge is 1.00 e. The van der Waals surface area contributed by atoms with Crippen molar-refractivity contribution in [2.45, 2.75) is 269 Å². The van der Waals surface area contributed by atoms with Crippen molar-refractivity contribution < 1.29 is 215 Å². The third kappa shape index (κ3) is 31.4. The maximum absolute atomic E-state index is 5.44. The van der Waals surface area contributed by atoms with Crippen LogP contribution >= 0.6 is 0 Å². The summed E-state index contributed by atoms with van der Waals surface area (Å²) in [5.74, 6) is 2.90. The van der Waals surface area contributed by atoms with E-state index in [2.05, 4.69) is 339 Å². The van der Waals surface area contributed by atoms with Gasteiger partial charge in [-0.25, -0.2) is 0 Å². The van der Waals surface area contributed by atoms with Gasteiger partial charge in [0.25, 0.3) is 0 Å². The number of nitrogens with zero attached hydrogens (tertiary/aromatic N) is 8. The smallest absolute Gasteiger partial charge is 0.660 e. The minimum Gasteiger partial charge on any atom is -0.660 e. The molecular weight excluding hydrogens is 1450 g/mol. The van der Waals surface area contributed by atoms with Gasteiger partial charge in [-0.05, 0) is 96.7 Å². The predicted molar refractivity (Wildman–Crippen MR) is 464 cm³/mol. The van der Waals surface area contributed by atoms with Crippen LogP contribution in [0.2, 0.25) is 0 Å². The molecular formula is C96H136K4N8O2. The molecule has 0 bridgehead atoms. The second kappa shape index (κ2) is 49.9. The Morgan fingerprint density at radius 1 is 0.264 bits per heavy atom. The minimum absolute atomic E-state index is 0. The summed E-state index contributed by atoms with van der Waals surface area (Å²) in [5, 5.41) is 45.5. The fraction of sp³-hybridized carbons (Fsp3) is 0.500. The summed E-state index contributed by atoms with van der Waals surface area (Å²) >= 11 is 0. The number of hydrogen-bond acceptors (Lipinski definition) is 6. The number of para-hydroxylation sites is 4. The van der Waals surface area contributed by atoms with Gasteiger partial charge in [0.05, 0.1) is 22.8 Å². The molecule has 0 saturated heterocycles. The van der Waals surface area contributed by atoms with Crippen molar-refractivity contribution in [1.82, 2.24) is 20.4 Å². The Kier molecular flexibility index (Phi) is 48.4. The first kappa shape index (κ1) is 107. The van der Waals surface area contributed by atoms with Crippen molar-refractivity contribution in [3.63, 3.8) is 0 Å². The van der Waals surface area contributed by atoms with Crippen LogP contribution in [0.5, 0.6) is 0 Å². The van der Waals surface area contributed by atoms with Crippen molar-refractivity contribution in [3.05, 3.63) is 233 Å². The number of fused-ring (bicyclic) bond motifs is 2. The van der Waals surface area contributed by atoms with E-state index in [1.165, 1.54) is 44.5 Å². The Labute approximate surface area is 840 Å². The maximum Gasteiger partial charge on any atom is 1.00 e. The third-order valence-electron chi connectivity index (χ3n) is 18.8. The first-order valence-electron chi connectivity index (χ1n) is 39.6. The van der Waals surface area contributed by atoms with Crippen LogP contribution in [-0.2, 0) is 9.47 Å². The van der Waals surface area contributed by atoms with Crippen molar-refractivity contribution >= 4 is 68.6 Å². The summed E-state index contributed by atoms with van der Waals surface area (Å²) in [4.78, 5) is 0. The van der Waals surface area contributed by atoms with Crippen molar-refractivity contribution in [3.8, 4) is 0 Å². The topological polar surface area (TPSA) is 126 Å². The second-order valence-electron chi connectivity index (χ2n) is 34.5. The molecule has 8 rings (SSSR count). The van der Waals surface area contributed by atoms with Gasteiger partial charge in [0.1, 0.15) is 0 Å². The normalized spacial score (nSPS) is 12.4. The van der Waals surface area contributed by atoms with Crippen LogP contribution in [0.1, 0.15) is 336 Å². The number of benzene rings is 6. The van der Waals surface area contributed by atoms with E-state index in [9.17, 15) is 0 Å². The summed E-state index contributed by atoms with van der Waals surface area (Å²) in [6, 6.07) is 43.3. The molecule has 2 heterocycles. The van der Waals surface area contributed by atoms with Gasteiger partial charge in [-0.3, -0.25) is 0 Å². The van der Waals surface area contributed by atoms with E-state index in [-0.39, 0.29) is 227 Å². The van der Waals surface area contributed by atoms with Crippen LogP contribution in [-0.4, -0.2) is 46.8 Å². The molecule has 0 aliphatic rings. The van der Waals surface area contributed by atoms with Crippen molar-refractivity contribution in [2.75, 3.05) is 26.4 Å². The van der Waals surface area contributed by atoms with Gasteiger partial charge in [0, 0.05) is 48.0 Å². The molecule has 0 saturated carbocycles. The Hall–Kier alpha value is -1.37. The molecule has 0 spiro atoms. The van der Waals surface area contributed by atoms with Gasteiger partial charge < -0.3 is 30.7 Å². The molecule has 0 aliphatic carbocycles. The molecule has 0 aliphatic heterocycles. The second-order valence-corrected chi connectivity index (χ2v) is 34.5. The number of rotatable bonds is 24. The molecule has 8 aromatic rings. The van der Waals surface area contributed by atoms with Gasteiger partial charge in [-0.2, -0.15) is 22.8 Å². The fourth-order valence-electron chi connectivity index (χ4n) is 12.4. The summed E-state index contributed by atoms with van der Waals surface area (Å²) in [6.07, 6.45) is 8.58. The fourth-order valence-corrected chi connectivity index (χ4v) is 12.4. The van der Waals surface area contributed by atoms with Crippen LogP contribution in [0.3, 0.4) is 0 Å². The first-order valence-corrected chi connectivity index (χ1v) is 39.6. The summed E-state index contributed by atoms with van der Waals surface area (Å²) < 4.78 is 9.67. The zero-order valence-corrected chi connectivity index (χ0v) is 88.2. The summed E-state index contributed by atoms with van der Waals surface area (Å²) in [5.41, 5.74) is 20.9. The van der Waals surface area contributed by atoms with Crippen molar-refractivity contribution in [1.29, 1.82) is 0 Å². The molecule has 0 fully saturated rings. The Bertz CT molecular complexity index is 3620. The molecule has 0 N–H and O–H groups in total. The number of hydrogen-bond donors (Lipinski definition) is 0. The molecule has 0 amide bonds. The molecule has 2 aromatic heterocycles. The molecule has 6 aromatic carbocycles. The Morgan fingerprint density at radius 3 is 0.518 bits per heavy atom. The van der Waals surface area contributed by atoms with Gasteiger partial charge in [0.15, 0.2) is 0 Å². The first-order chi connectivity index (χ1) is 49.6. The van der Waals surface area contributed by atoms with Gasteiger partial charge in [-0.15, -0.1) is 43.1 Å². The van der Waals surface area contributed by atoms with Crippen LogP contribution in [0.25, 0.3) is 67.1 Å². The van der Waals surface area contributed by atoms with E-state index < -0.39 is 0 Å². The van der Waals surface area contributed by atoms with E-state index in [0.717, 1.165) is 116 Å². The van der Waals surface area contributed by atoms with Crippen LogP contribution in [0.15, 0.2) is 144 Å². The third-order valence-corrected chi connectivity index (χ3v) is 18.8. The molecule has 0 unspecified atom stereocenters. The SMILES string of the molecule is CC(C)c1cccc(C(C)C)c1[N-]/C(=C\c1nnc(/C=C(\[N-]c2c(C(C)C)cccc2C(C)C)C(C)(C)C)c2ccccc12)C(C)(C)C.CC(C)c1cccc(C(C)C)c1[N-]/C(=C\c1nnc(/C=C(\[N-]c2c(C(C)C)cccc2C(C)C)C(C)(C)C)c2ccccc12)C(C)(C)C.CCOCC.CCOCC.[K+].[K+].[K+].[K+]. The monoisotopic (exact) mass is 1590 g/mol. The van der Waals surface area contributed by atoms with Gasteiger partial charge in [0.2, 0.25) is 0 Å².